The number of benzene rings is 2. The summed E-state index contributed by atoms with van der Waals surface area (Å²) in [6, 6.07) is 6.60. The number of ketones is 1. The molecule has 12 nitrogen and oxygen atoms in total. The van der Waals surface area contributed by atoms with Crippen molar-refractivity contribution in [2.75, 3.05) is 13.7 Å². The second kappa shape index (κ2) is 12.1. The first-order valence-corrected chi connectivity index (χ1v) is 12.6. The molecule has 0 spiro atoms. The van der Waals surface area contributed by atoms with Gasteiger partial charge in [0.1, 0.15) is 47.3 Å². The Morgan fingerprint density at radius 3 is 2.44 bits per heavy atom. The third-order valence-corrected chi connectivity index (χ3v) is 6.71. The van der Waals surface area contributed by atoms with E-state index < -0.39 is 54.3 Å². The van der Waals surface area contributed by atoms with Crippen LogP contribution in [-0.4, -0.2) is 75.4 Å². The van der Waals surface area contributed by atoms with E-state index in [1.54, 1.807) is 6.92 Å². The average molecular weight is 571 g/mol. The fraction of sp³-hybridized carbons (Fsp3) is 0.345. The van der Waals surface area contributed by atoms with E-state index in [-0.39, 0.29) is 46.0 Å². The molecular weight excluding hydrogens is 540 g/mol. The lowest BCUT2D eigenvalue weighted by Crippen LogP contribution is -2.56. The first-order chi connectivity index (χ1) is 19.4. The summed E-state index contributed by atoms with van der Waals surface area (Å²) in [4.78, 5) is 37.7. The van der Waals surface area contributed by atoms with Crippen molar-refractivity contribution >= 4 is 28.8 Å². The van der Waals surface area contributed by atoms with Crippen molar-refractivity contribution in [1.82, 2.24) is 0 Å². The van der Waals surface area contributed by atoms with Crippen molar-refractivity contribution in [2.45, 2.75) is 50.8 Å². The Hall–Kier alpha value is -4.23. The van der Waals surface area contributed by atoms with Crippen LogP contribution in [0.5, 0.6) is 17.2 Å². The summed E-state index contributed by atoms with van der Waals surface area (Å²) in [5.74, 6) is -1.79. The van der Waals surface area contributed by atoms with Gasteiger partial charge < -0.3 is 44.2 Å². The minimum absolute atomic E-state index is 0.0351. The minimum Gasteiger partial charge on any atom is -0.504 e. The average Bonchev–Trinajstić information content (AvgIpc) is 2.91. The van der Waals surface area contributed by atoms with Crippen LogP contribution in [0, 0.1) is 6.92 Å². The molecule has 12 heteroatoms. The van der Waals surface area contributed by atoms with Crippen molar-refractivity contribution in [3.63, 3.8) is 0 Å². The molecule has 0 unspecified atom stereocenters. The fourth-order valence-electron chi connectivity index (χ4n) is 4.77. The molecule has 5 atom stereocenters. The maximum absolute atomic E-state index is 13.1. The van der Waals surface area contributed by atoms with Crippen LogP contribution in [0.1, 0.15) is 35.5 Å². The first kappa shape index (κ1) is 29.7. The number of phenolic OH excluding ortho intramolecular Hbond substituents is 2. The van der Waals surface area contributed by atoms with E-state index in [0.29, 0.717) is 11.1 Å². The summed E-state index contributed by atoms with van der Waals surface area (Å²) >= 11 is 0. The Morgan fingerprint density at radius 2 is 1.80 bits per heavy atom. The molecule has 1 aliphatic rings. The zero-order valence-electron chi connectivity index (χ0n) is 22.4. The molecule has 1 fully saturated rings. The lowest BCUT2D eigenvalue weighted by Gasteiger charge is -2.42. The molecular formula is C29H30O12. The van der Waals surface area contributed by atoms with E-state index in [1.807, 2.05) is 0 Å². The molecule has 0 bridgehead atoms. The van der Waals surface area contributed by atoms with Gasteiger partial charge in [-0.25, -0.2) is 4.79 Å². The molecule has 0 radical (unpaired) electrons. The monoisotopic (exact) mass is 570 g/mol. The summed E-state index contributed by atoms with van der Waals surface area (Å²) in [5.41, 5.74) is 0.401. The molecule has 41 heavy (non-hydrogen) atoms. The zero-order valence-corrected chi connectivity index (χ0v) is 22.4. The van der Waals surface area contributed by atoms with Crippen molar-refractivity contribution in [3.05, 3.63) is 69.1 Å². The number of aliphatic hydroxyl groups is 3. The van der Waals surface area contributed by atoms with Gasteiger partial charge in [0.25, 0.3) is 0 Å². The smallest absolute Gasteiger partial charge is 0.331 e. The second-order valence-electron chi connectivity index (χ2n) is 9.71. The molecule has 5 N–H and O–H groups in total. The molecule has 2 aromatic carbocycles. The highest BCUT2D eigenvalue weighted by atomic mass is 16.6. The Balaban J connectivity index is 1.83. The molecule has 1 aliphatic heterocycles. The lowest BCUT2D eigenvalue weighted by molar-refractivity contribution is -0.239. The Labute approximate surface area is 233 Å². The van der Waals surface area contributed by atoms with E-state index in [4.69, 9.17) is 18.6 Å². The molecule has 1 aromatic heterocycles. The van der Waals surface area contributed by atoms with Gasteiger partial charge in [-0.05, 0) is 49.2 Å². The summed E-state index contributed by atoms with van der Waals surface area (Å²) < 4.78 is 23.0. The van der Waals surface area contributed by atoms with E-state index >= 15 is 0 Å². The minimum atomic E-state index is -1.76. The Bertz CT molecular complexity index is 1560. The topological polar surface area (TPSA) is 193 Å². The molecule has 0 aliphatic carbocycles. The van der Waals surface area contributed by atoms with Gasteiger partial charge in [0.05, 0.1) is 31.1 Å². The SMILES string of the molecule is COc1cc(C)c2c(=O)cc(CC(C)=O)oc2c1[C@@H]1O[C@H](CO)[C@@H](O)[C@H](O)[C@H]1OC(=O)C=Cc1ccc(O)c(O)c1. The third kappa shape index (κ3) is 6.10. The first-order valence-electron chi connectivity index (χ1n) is 12.6. The summed E-state index contributed by atoms with van der Waals surface area (Å²) in [7, 11) is 1.34. The normalized spacial score (nSPS) is 22.6. The number of aliphatic hydroxyl groups excluding tert-OH is 3. The number of aromatic hydroxyl groups is 2. The second-order valence-corrected chi connectivity index (χ2v) is 9.71. The highest BCUT2D eigenvalue weighted by Crippen LogP contribution is 2.43. The highest BCUT2D eigenvalue weighted by Gasteiger charge is 2.49. The lowest BCUT2D eigenvalue weighted by atomic mass is 9.89. The van der Waals surface area contributed by atoms with Gasteiger partial charge in [-0.2, -0.15) is 0 Å². The van der Waals surface area contributed by atoms with Crippen molar-refractivity contribution in [3.8, 4) is 17.2 Å². The van der Waals surface area contributed by atoms with E-state index in [2.05, 4.69) is 0 Å². The van der Waals surface area contributed by atoms with Gasteiger partial charge in [-0.15, -0.1) is 0 Å². The van der Waals surface area contributed by atoms with E-state index in [0.717, 1.165) is 6.08 Å². The van der Waals surface area contributed by atoms with E-state index in [9.17, 15) is 39.9 Å². The number of rotatable bonds is 8. The maximum Gasteiger partial charge on any atom is 0.331 e. The standard InChI is InChI=1S/C29H30O12/c1-13-8-20(38-3)24(27-23(13)19(34)11-16(39-27)9-14(2)31)28-29(26(37)25(36)21(12-30)40-28)41-22(35)7-5-15-4-6-17(32)18(33)10-15/h4-8,10-11,21,25-26,28-30,32-33,36-37H,9,12H2,1-3H3/t21-,25-,26+,28+,29-/m1/s1. The molecule has 0 saturated carbocycles. The Morgan fingerprint density at radius 1 is 1.07 bits per heavy atom. The molecule has 3 aromatic rings. The van der Waals surface area contributed by atoms with Gasteiger partial charge in [0, 0.05) is 12.1 Å². The van der Waals surface area contributed by atoms with Crippen LogP contribution in [0.3, 0.4) is 0 Å². The van der Waals surface area contributed by atoms with Crippen LogP contribution in [0.4, 0.5) is 0 Å². The third-order valence-electron chi connectivity index (χ3n) is 6.71. The van der Waals surface area contributed by atoms with Crippen LogP contribution in [0.25, 0.3) is 17.0 Å². The van der Waals surface area contributed by atoms with Crippen LogP contribution >= 0.6 is 0 Å². The predicted octanol–water partition coefficient (Wildman–Crippen LogP) is 1.43. The Kier molecular flexibility index (Phi) is 8.78. The van der Waals surface area contributed by atoms with Crippen molar-refractivity contribution in [2.24, 2.45) is 0 Å². The molecule has 0 amide bonds. The summed E-state index contributed by atoms with van der Waals surface area (Å²) in [5, 5.41) is 50.7. The van der Waals surface area contributed by atoms with Gasteiger partial charge >= 0.3 is 5.97 Å². The van der Waals surface area contributed by atoms with Crippen LogP contribution in [0.15, 0.2) is 45.6 Å². The quantitative estimate of drug-likeness (QED) is 0.149. The number of Topliss-reactive ketones (excluding diaryl/α,β-unsaturated/α-hetero) is 1. The zero-order chi connectivity index (χ0) is 30.0. The van der Waals surface area contributed by atoms with Crippen LogP contribution in [-0.2, 0) is 25.5 Å². The number of phenols is 2. The largest absolute Gasteiger partial charge is 0.504 e. The highest BCUT2D eigenvalue weighted by molar-refractivity contribution is 5.88. The van der Waals surface area contributed by atoms with E-state index in [1.165, 1.54) is 50.4 Å². The summed E-state index contributed by atoms with van der Waals surface area (Å²) in [6.07, 6.45) is -5.61. The maximum atomic E-state index is 13.1. The number of ether oxygens (including phenoxy) is 3. The number of hydrogen-bond donors (Lipinski definition) is 5. The van der Waals surface area contributed by atoms with Gasteiger partial charge in [-0.1, -0.05) is 6.07 Å². The van der Waals surface area contributed by atoms with Crippen molar-refractivity contribution < 1.29 is 53.7 Å². The number of methoxy groups -OCH3 is 1. The van der Waals surface area contributed by atoms with Gasteiger partial charge in [0.2, 0.25) is 0 Å². The predicted molar refractivity (Wildman–Crippen MR) is 144 cm³/mol. The molecule has 2 heterocycles. The molecule has 4 rings (SSSR count). The number of aryl methyl sites for hydroxylation is 1. The van der Waals surface area contributed by atoms with Gasteiger partial charge in [0.15, 0.2) is 23.0 Å². The number of carbonyl (C=O) groups excluding carboxylic acids is 2. The molecule has 218 valence electrons. The number of esters is 1. The van der Waals surface area contributed by atoms with Crippen molar-refractivity contribution in [1.29, 1.82) is 0 Å². The number of hydrogen-bond acceptors (Lipinski definition) is 12. The number of carbonyl (C=O) groups is 2. The van der Waals surface area contributed by atoms with Crippen LogP contribution in [0.2, 0.25) is 0 Å². The fourth-order valence-corrected chi connectivity index (χ4v) is 4.77. The summed E-state index contributed by atoms with van der Waals surface area (Å²) in [6.45, 7) is 2.28. The molecule has 1 saturated heterocycles. The number of fused-ring (bicyclic) bond motifs is 1. The van der Waals surface area contributed by atoms with Crippen LogP contribution < -0.4 is 10.2 Å². The van der Waals surface area contributed by atoms with Gasteiger partial charge in [-0.3, -0.25) is 9.59 Å².